The molecule has 164 valence electrons. The number of phenolic OH excluding ortho intramolecular Hbond substituents is 1. The van der Waals surface area contributed by atoms with E-state index in [1.807, 2.05) is 12.1 Å². The number of hydrogen-bond acceptors (Lipinski definition) is 4. The average molecular weight is 460 g/mol. The summed E-state index contributed by atoms with van der Waals surface area (Å²) in [4.78, 5) is 4.07. The van der Waals surface area contributed by atoms with Gasteiger partial charge in [0, 0.05) is 35.6 Å². The van der Waals surface area contributed by atoms with E-state index in [2.05, 4.69) is 10.1 Å². The van der Waals surface area contributed by atoms with Gasteiger partial charge in [-0.1, -0.05) is 29.8 Å². The van der Waals surface area contributed by atoms with E-state index in [0.717, 1.165) is 16.3 Å². The van der Waals surface area contributed by atoms with Crippen molar-refractivity contribution in [1.29, 1.82) is 0 Å². The maximum absolute atomic E-state index is 13.2. The van der Waals surface area contributed by atoms with Crippen LogP contribution in [0.15, 0.2) is 67.0 Å². The van der Waals surface area contributed by atoms with Gasteiger partial charge in [-0.25, -0.2) is 0 Å². The zero-order valence-corrected chi connectivity index (χ0v) is 17.5. The summed E-state index contributed by atoms with van der Waals surface area (Å²) in [6, 6.07) is 14.5. The number of hydrogen-bond donors (Lipinski definition) is 1. The zero-order valence-electron chi connectivity index (χ0n) is 16.8. The highest BCUT2D eigenvalue weighted by molar-refractivity contribution is 6.30. The summed E-state index contributed by atoms with van der Waals surface area (Å²) in [5.41, 5.74) is 0.932. The Hall–Kier alpha value is -3.52. The number of aromatic nitrogens is 3. The van der Waals surface area contributed by atoms with E-state index in [4.69, 9.17) is 16.3 Å². The van der Waals surface area contributed by atoms with Gasteiger partial charge in [0.15, 0.2) is 0 Å². The number of aromatic hydroxyl groups is 1. The van der Waals surface area contributed by atoms with Crippen LogP contribution in [-0.2, 0) is 19.8 Å². The molecule has 1 N–H and O–H groups in total. The van der Waals surface area contributed by atoms with Gasteiger partial charge in [0.1, 0.15) is 23.8 Å². The highest BCUT2D eigenvalue weighted by atomic mass is 35.5. The van der Waals surface area contributed by atoms with Gasteiger partial charge in [-0.05, 0) is 42.0 Å². The number of halogens is 4. The molecule has 0 fully saturated rings. The van der Waals surface area contributed by atoms with E-state index in [9.17, 15) is 18.3 Å². The predicted octanol–water partition coefficient (Wildman–Crippen LogP) is 6.11. The molecule has 5 nitrogen and oxygen atoms in total. The third-order valence-electron chi connectivity index (χ3n) is 4.84. The first-order valence-corrected chi connectivity index (χ1v) is 9.87. The first-order valence-electron chi connectivity index (χ1n) is 9.49. The fourth-order valence-electron chi connectivity index (χ4n) is 3.30. The molecule has 9 heteroatoms. The van der Waals surface area contributed by atoms with Gasteiger partial charge in [0.05, 0.1) is 11.3 Å². The van der Waals surface area contributed by atoms with Crippen molar-refractivity contribution in [3.8, 4) is 33.9 Å². The molecule has 4 aromatic rings. The standard InChI is InChI=1S/C23H17ClF3N3O2/c1-30-20(23(25,26)27)11-18(29-30)17-8-9-19(32-13-14-4-6-16(24)7-5-14)21(22(17)31)15-3-2-10-28-12-15/h2-12,31H,13H2,1H3. The molecule has 0 unspecified atom stereocenters. The minimum atomic E-state index is -4.57. The molecule has 2 aromatic carbocycles. The summed E-state index contributed by atoms with van der Waals surface area (Å²) in [5.74, 6) is 0.0969. The maximum atomic E-state index is 13.2. The van der Waals surface area contributed by atoms with Crippen LogP contribution in [0, 0.1) is 0 Å². The van der Waals surface area contributed by atoms with Gasteiger partial charge < -0.3 is 9.84 Å². The summed E-state index contributed by atoms with van der Waals surface area (Å²) < 4.78 is 46.3. The molecular weight excluding hydrogens is 443 g/mol. The molecule has 0 radical (unpaired) electrons. The van der Waals surface area contributed by atoms with Gasteiger partial charge in [0.25, 0.3) is 0 Å². The van der Waals surface area contributed by atoms with E-state index in [1.54, 1.807) is 36.5 Å². The highest BCUT2D eigenvalue weighted by Gasteiger charge is 2.35. The molecule has 0 aliphatic heterocycles. The second-order valence-corrected chi connectivity index (χ2v) is 7.46. The van der Waals surface area contributed by atoms with E-state index in [0.29, 0.717) is 21.9 Å². The van der Waals surface area contributed by atoms with Crippen molar-refractivity contribution in [1.82, 2.24) is 14.8 Å². The molecule has 0 amide bonds. The number of ether oxygens (including phenoxy) is 1. The van der Waals surface area contributed by atoms with Crippen LogP contribution < -0.4 is 4.74 Å². The Labute approximate surface area is 186 Å². The molecule has 0 saturated heterocycles. The maximum Gasteiger partial charge on any atom is 0.433 e. The molecule has 0 aliphatic carbocycles. The molecule has 0 spiro atoms. The summed E-state index contributed by atoms with van der Waals surface area (Å²) in [7, 11) is 1.20. The van der Waals surface area contributed by atoms with Gasteiger partial charge in [-0.3, -0.25) is 9.67 Å². The van der Waals surface area contributed by atoms with Crippen molar-refractivity contribution < 1.29 is 23.0 Å². The van der Waals surface area contributed by atoms with Gasteiger partial charge in [0.2, 0.25) is 0 Å². The first kappa shape index (κ1) is 21.7. The van der Waals surface area contributed by atoms with Crippen LogP contribution in [0.2, 0.25) is 5.02 Å². The van der Waals surface area contributed by atoms with Crippen molar-refractivity contribution in [3.63, 3.8) is 0 Å². The number of pyridine rings is 1. The van der Waals surface area contributed by atoms with Gasteiger partial charge in [-0.2, -0.15) is 18.3 Å². The van der Waals surface area contributed by atoms with E-state index >= 15 is 0 Å². The Bertz CT molecular complexity index is 1240. The van der Waals surface area contributed by atoms with Crippen LogP contribution in [0.1, 0.15) is 11.3 Å². The SMILES string of the molecule is Cn1nc(-c2ccc(OCc3ccc(Cl)cc3)c(-c3cccnc3)c2O)cc1C(F)(F)F. The number of benzene rings is 2. The molecule has 0 saturated carbocycles. The van der Waals surface area contributed by atoms with Crippen molar-refractivity contribution in [2.75, 3.05) is 0 Å². The van der Waals surface area contributed by atoms with Gasteiger partial charge >= 0.3 is 6.18 Å². The van der Waals surface area contributed by atoms with E-state index < -0.39 is 11.9 Å². The zero-order chi connectivity index (χ0) is 22.9. The second kappa shape index (κ2) is 8.55. The number of nitrogens with zero attached hydrogens (tertiary/aromatic N) is 3. The van der Waals surface area contributed by atoms with Crippen LogP contribution in [-0.4, -0.2) is 19.9 Å². The van der Waals surface area contributed by atoms with Crippen molar-refractivity contribution in [3.05, 3.63) is 83.3 Å². The third-order valence-corrected chi connectivity index (χ3v) is 5.10. The van der Waals surface area contributed by atoms with E-state index in [1.165, 1.54) is 19.3 Å². The van der Waals surface area contributed by atoms with Crippen LogP contribution in [0.25, 0.3) is 22.4 Å². The quantitative estimate of drug-likeness (QED) is 0.391. The number of aryl methyl sites for hydroxylation is 1. The molecule has 32 heavy (non-hydrogen) atoms. The second-order valence-electron chi connectivity index (χ2n) is 7.03. The monoisotopic (exact) mass is 459 g/mol. The lowest BCUT2D eigenvalue weighted by Crippen LogP contribution is -2.11. The normalized spacial score (nSPS) is 11.5. The van der Waals surface area contributed by atoms with Crippen molar-refractivity contribution in [2.45, 2.75) is 12.8 Å². The lowest BCUT2D eigenvalue weighted by atomic mass is 9.99. The lowest BCUT2D eigenvalue weighted by Gasteiger charge is -2.15. The number of rotatable bonds is 5. The van der Waals surface area contributed by atoms with Crippen LogP contribution >= 0.6 is 11.6 Å². The Kier molecular flexibility index (Phi) is 5.80. The fourth-order valence-corrected chi connectivity index (χ4v) is 3.42. The molecular formula is C23H17ClF3N3O2. The Morgan fingerprint density at radius 2 is 1.84 bits per heavy atom. The summed E-state index contributed by atoms with van der Waals surface area (Å²) in [5, 5.41) is 15.6. The largest absolute Gasteiger partial charge is 0.506 e. The van der Waals surface area contributed by atoms with E-state index in [-0.39, 0.29) is 23.6 Å². The van der Waals surface area contributed by atoms with Crippen LogP contribution in [0.3, 0.4) is 0 Å². The molecule has 0 atom stereocenters. The Morgan fingerprint density at radius 3 is 2.47 bits per heavy atom. The van der Waals surface area contributed by atoms with Crippen molar-refractivity contribution >= 4 is 11.6 Å². The molecule has 0 aliphatic rings. The van der Waals surface area contributed by atoms with Gasteiger partial charge in [-0.15, -0.1) is 0 Å². The molecule has 2 aromatic heterocycles. The minimum absolute atomic E-state index is 0.00767. The van der Waals surface area contributed by atoms with Crippen LogP contribution in [0.5, 0.6) is 11.5 Å². The Balaban J connectivity index is 1.77. The first-order chi connectivity index (χ1) is 15.2. The average Bonchev–Trinajstić information content (AvgIpc) is 3.16. The lowest BCUT2D eigenvalue weighted by molar-refractivity contribution is -0.143. The Morgan fingerprint density at radius 1 is 1.09 bits per heavy atom. The molecule has 4 rings (SSSR count). The molecule has 2 heterocycles. The topological polar surface area (TPSA) is 60.2 Å². The molecule has 0 bridgehead atoms. The number of phenols is 1. The predicted molar refractivity (Wildman–Crippen MR) is 114 cm³/mol. The minimum Gasteiger partial charge on any atom is -0.506 e. The third kappa shape index (κ3) is 4.40. The number of alkyl halides is 3. The fraction of sp³-hybridized carbons (Fsp3) is 0.130. The summed E-state index contributed by atoms with van der Waals surface area (Å²) >= 11 is 5.91. The van der Waals surface area contributed by atoms with Crippen LogP contribution in [0.4, 0.5) is 13.2 Å². The smallest absolute Gasteiger partial charge is 0.433 e. The summed E-state index contributed by atoms with van der Waals surface area (Å²) in [6.45, 7) is 0.199. The summed E-state index contributed by atoms with van der Waals surface area (Å²) in [6.07, 6.45) is -1.45. The highest BCUT2D eigenvalue weighted by Crippen LogP contribution is 2.44. The van der Waals surface area contributed by atoms with Crippen molar-refractivity contribution in [2.24, 2.45) is 7.05 Å².